The molecule has 10 heteroatoms. The fourth-order valence-electron chi connectivity index (χ4n) is 4.62. The van der Waals surface area contributed by atoms with E-state index in [4.69, 9.17) is 37.4 Å². The van der Waals surface area contributed by atoms with Crippen molar-refractivity contribution in [3.8, 4) is 11.5 Å². The lowest BCUT2D eigenvalue weighted by atomic mass is 9.96. The first-order valence-electron chi connectivity index (χ1n) is 12.8. The van der Waals surface area contributed by atoms with Crippen LogP contribution in [0.5, 0.6) is 11.5 Å². The third kappa shape index (κ3) is 5.95. The largest absolute Gasteiger partial charge is 0.493 e. The molecule has 1 aromatic heterocycles. The van der Waals surface area contributed by atoms with Crippen LogP contribution in [0.1, 0.15) is 36.6 Å². The molecule has 0 amide bonds. The molecule has 0 spiro atoms. The van der Waals surface area contributed by atoms with Gasteiger partial charge in [-0.3, -0.25) is 9.36 Å². The number of fused-ring (bicyclic) bond motifs is 1. The van der Waals surface area contributed by atoms with Crippen LogP contribution in [0.15, 0.2) is 87.8 Å². The maximum Gasteiger partial charge on any atom is 0.338 e. The van der Waals surface area contributed by atoms with E-state index in [0.29, 0.717) is 48.7 Å². The minimum absolute atomic E-state index is 0.190. The summed E-state index contributed by atoms with van der Waals surface area (Å²) in [5.74, 6) is 0.536. The van der Waals surface area contributed by atoms with Crippen LogP contribution in [-0.4, -0.2) is 24.3 Å². The van der Waals surface area contributed by atoms with Gasteiger partial charge in [0.1, 0.15) is 12.6 Å². The predicted molar refractivity (Wildman–Crippen MR) is 161 cm³/mol. The third-order valence-corrected chi connectivity index (χ3v) is 8.05. The highest BCUT2D eigenvalue weighted by Crippen LogP contribution is 2.34. The standard InChI is InChI=1S/C31H26Cl2N2O5S/c1-4-39-30(37)27-18(2)34-31-35(28(27)22-10-5-6-11-23(22)33)29(36)26(41-31)16-19-12-13-24(25(15-19)38-3)40-17-20-8-7-9-21(32)14-20/h5-16,28H,4,17H2,1-3H3/b26-16-/t28-/m0/s1. The number of benzene rings is 3. The number of thiazole rings is 1. The number of hydrogen-bond donors (Lipinski definition) is 0. The zero-order valence-corrected chi connectivity index (χ0v) is 24.8. The van der Waals surface area contributed by atoms with Crippen LogP contribution in [0.3, 0.4) is 0 Å². The van der Waals surface area contributed by atoms with Gasteiger partial charge in [0.05, 0.1) is 29.5 Å². The lowest BCUT2D eigenvalue weighted by Gasteiger charge is -2.25. The van der Waals surface area contributed by atoms with Gasteiger partial charge in [-0.05, 0) is 66.9 Å². The number of carbonyl (C=O) groups excluding carboxylic acids is 1. The molecular formula is C31H26Cl2N2O5S. The number of allylic oxidation sites excluding steroid dienone is 1. The van der Waals surface area contributed by atoms with Crippen molar-refractivity contribution in [2.75, 3.05) is 13.7 Å². The van der Waals surface area contributed by atoms with Gasteiger partial charge in [-0.1, -0.05) is 70.9 Å². The van der Waals surface area contributed by atoms with Crippen LogP contribution in [-0.2, 0) is 16.1 Å². The monoisotopic (exact) mass is 608 g/mol. The smallest absolute Gasteiger partial charge is 0.338 e. The number of halogens is 2. The van der Waals surface area contributed by atoms with Crippen molar-refractivity contribution in [2.24, 2.45) is 4.99 Å². The molecule has 0 saturated heterocycles. The number of aromatic nitrogens is 1. The van der Waals surface area contributed by atoms with E-state index in [9.17, 15) is 9.59 Å². The molecule has 0 saturated carbocycles. The molecule has 5 rings (SSSR count). The van der Waals surface area contributed by atoms with Gasteiger partial charge in [0, 0.05) is 10.0 Å². The van der Waals surface area contributed by atoms with E-state index in [1.807, 2.05) is 30.3 Å². The molecule has 4 aromatic rings. The van der Waals surface area contributed by atoms with Crippen molar-refractivity contribution < 1.29 is 19.0 Å². The summed E-state index contributed by atoms with van der Waals surface area (Å²) in [6.07, 6.45) is 1.76. The van der Waals surface area contributed by atoms with Crippen LogP contribution >= 0.6 is 34.5 Å². The van der Waals surface area contributed by atoms with Crippen molar-refractivity contribution in [3.05, 3.63) is 124 Å². The fourth-order valence-corrected chi connectivity index (χ4v) is 6.11. The summed E-state index contributed by atoms with van der Waals surface area (Å²) in [4.78, 5) is 32.0. The van der Waals surface area contributed by atoms with E-state index in [1.54, 1.807) is 63.4 Å². The van der Waals surface area contributed by atoms with Crippen LogP contribution in [0, 0.1) is 0 Å². The average molecular weight is 610 g/mol. The minimum Gasteiger partial charge on any atom is -0.493 e. The molecule has 1 atom stereocenters. The molecule has 0 aliphatic carbocycles. The molecule has 210 valence electrons. The number of esters is 1. The van der Waals surface area contributed by atoms with Gasteiger partial charge < -0.3 is 14.2 Å². The van der Waals surface area contributed by atoms with Crippen molar-refractivity contribution >= 4 is 46.6 Å². The Hall–Kier alpha value is -3.85. The summed E-state index contributed by atoms with van der Waals surface area (Å²) < 4.78 is 18.8. The second kappa shape index (κ2) is 12.3. The second-order valence-corrected chi connectivity index (χ2v) is 11.0. The first kappa shape index (κ1) is 28.7. The second-order valence-electron chi connectivity index (χ2n) is 9.15. The molecule has 41 heavy (non-hydrogen) atoms. The molecule has 1 aliphatic rings. The fraction of sp³-hybridized carbons (Fsp3) is 0.194. The molecule has 0 unspecified atom stereocenters. The maximum atomic E-state index is 13.9. The summed E-state index contributed by atoms with van der Waals surface area (Å²) in [6.45, 7) is 3.98. The minimum atomic E-state index is -0.780. The summed E-state index contributed by atoms with van der Waals surface area (Å²) in [6, 6.07) is 19.2. The van der Waals surface area contributed by atoms with Gasteiger partial charge in [-0.25, -0.2) is 9.79 Å². The van der Waals surface area contributed by atoms with E-state index in [0.717, 1.165) is 11.1 Å². The normalized spacial score (nSPS) is 14.9. The van der Waals surface area contributed by atoms with Gasteiger partial charge in [0.2, 0.25) is 0 Å². The van der Waals surface area contributed by atoms with Crippen molar-refractivity contribution in [1.29, 1.82) is 0 Å². The molecule has 0 N–H and O–H groups in total. The van der Waals surface area contributed by atoms with E-state index in [-0.39, 0.29) is 17.7 Å². The van der Waals surface area contributed by atoms with E-state index < -0.39 is 12.0 Å². The molecule has 0 radical (unpaired) electrons. The third-order valence-electron chi connectivity index (χ3n) is 6.49. The number of carbonyl (C=O) groups is 1. The highest BCUT2D eigenvalue weighted by atomic mass is 35.5. The summed E-state index contributed by atoms with van der Waals surface area (Å²) >= 11 is 13.9. The molecule has 7 nitrogen and oxygen atoms in total. The van der Waals surface area contributed by atoms with Gasteiger partial charge in [-0.15, -0.1) is 0 Å². The Balaban J connectivity index is 1.55. The SMILES string of the molecule is CCOC(=O)C1=C(C)N=c2s/c(=C\c3ccc(OCc4cccc(Cl)c4)c(OC)c3)c(=O)n2[C@H]1c1ccccc1Cl. The first-order chi connectivity index (χ1) is 19.8. The average Bonchev–Trinajstić information content (AvgIpc) is 3.26. The summed E-state index contributed by atoms with van der Waals surface area (Å²) in [5.41, 5.74) is 2.73. The van der Waals surface area contributed by atoms with Gasteiger partial charge in [0.25, 0.3) is 5.56 Å². The Morgan fingerprint density at radius 1 is 1.07 bits per heavy atom. The quantitative estimate of drug-likeness (QED) is 0.240. The number of rotatable bonds is 8. The van der Waals surface area contributed by atoms with Crippen molar-refractivity contribution in [3.63, 3.8) is 0 Å². The maximum absolute atomic E-state index is 13.9. The van der Waals surface area contributed by atoms with Crippen molar-refractivity contribution in [1.82, 2.24) is 4.57 Å². The molecule has 0 fully saturated rings. The predicted octanol–water partition coefficient (Wildman–Crippen LogP) is 5.69. The molecule has 1 aliphatic heterocycles. The number of methoxy groups -OCH3 is 1. The Labute approximate surface area is 250 Å². The Kier molecular flexibility index (Phi) is 8.63. The van der Waals surface area contributed by atoms with Crippen LogP contribution in [0.2, 0.25) is 10.0 Å². The van der Waals surface area contributed by atoms with E-state index in [1.165, 1.54) is 15.9 Å². The van der Waals surface area contributed by atoms with E-state index >= 15 is 0 Å². The highest BCUT2D eigenvalue weighted by molar-refractivity contribution is 7.07. The van der Waals surface area contributed by atoms with Crippen molar-refractivity contribution in [2.45, 2.75) is 26.5 Å². The van der Waals surface area contributed by atoms with Crippen LogP contribution in [0.25, 0.3) is 6.08 Å². The number of hydrogen-bond acceptors (Lipinski definition) is 7. The van der Waals surface area contributed by atoms with E-state index in [2.05, 4.69) is 4.99 Å². The molecule has 3 aromatic carbocycles. The zero-order chi connectivity index (χ0) is 29.1. The summed E-state index contributed by atoms with van der Waals surface area (Å²) in [7, 11) is 1.56. The first-order valence-corrected chi connectivity index (χ1v) is 14.4. The number of nitrogens with zero attached hydrogens (tertiary/aromatic N) is 2. The van der Waals surface area contributed by atoms with Gasteiger partial charge >= 0.3 is 5.97 Å². The lowest BCUT2D eigenvalue weighted by molar-refractivity contribution is -0.139. The Morgan fingerprint density at radius 2 is 1.88 bits per heavy atom. The van der Waals surface area contributed by atoms with Crippen LogP contribution < -0.4 is 24.4 Å². The van der Waals surface area contributed by atoms with Gasteiger partial charge in [0.15, 0.2) is 16.3 Å². The Bertz CT molecular complexity index is 1840. The molecule has 0 bridgehead atoms. The topological polar surface area (TPSA) is 79.1 Å². The lowest BCUT2D eigenvalue weighted by Crippen LogP contribution is -2.40. The molecule has 2 heterocycles. The van der Waals surface area contributed by atoms with Gasteiger partial charge in [-0.2, -0.15) is 0 Å². The zero-order valence-electron chi connectivity index (χ0n) is 22.5. The summed E-state index contributed by atoms with van der Waals surface area (Å²) in [5, 5.41) is 1.07. The van der Waals surface area contributed by atoms with Crippen LogP contribution in [0.4, 0.5) is 0 Å². The Morgan fingerprint density at radius 3 is 2.61 bits per heavy atom. The molecular weight excluding hydrogens is 583 g/mol. The number of ether oxygens (including phenoxy) is 3. The highest BCUT2D eigenvalue weighted by Gasteiger charge is 2.34.